The van der Waals surface area contributed by atoms with Gasteiger partial charge in [0, 0.05) is 57.8 Å². The minimum Gasteiger partial charge on any atom is -0.463 e. The fourth-order valence-electron chi connectivity index (χ4n) is 5.34. The van der Waals surface area contributed by atoms with Gasteiger partial charge < -0.3 is 24.6 Å². The Morgan fingerprint density at radius 1 is 1.23 bits per heavy atom. The quantitative estimate of drug-likeness (QED) is 0.481. The largest absolute Gasteiger partial charge is 0.463 e. The van der Waals surface area contributed by atoms with Gasteiger partial charge >= 0.3 is 12.0 Å². The van der Waals surface area contributed by atoms with Crippen molar-refractivity contribution >= 4 is 11.8 Å². The topological polar surface area (TPSA) is 107 Å². The Hall–Kier alpha value is -2.28. The molecule has 4 heterocycles. The zero-order valence-corrected chi connectivity index (χ0v) is 21.5. The lowest BCUT2D eigenvalue weighted by molar-refractivity contribution is 0.0502. The molecule has 2 amide bonds. The van der Waals surface area contributed by atoms with Crippen LogP contribution in [0.1, 0.15) is 34.1 Å². The number of methoxy groups -OCH3 is 1. The molecule has 3 N–H and O–H groups in total. The van der Waals surface area contributed by atoms with Crippen molar-refractivity contribution in [2.45, 2.75) is 63.9 Å². The summed E-state index contributed by atoms with van der Waals surface area (Å²) in [4.78, 5) is 28.0. The molecule has 0 radical (unpaired) electrons. The van der Waals surface area contributed by atoms with E-state index in [1.807, 2.05) is 9.80 Å². The van der Waals surface area contributed by atoms with Gasteiger partial charge in [-0.3, -0.25) is 10.3 Å². The first-order valence-electron chi connectivity index (χ1n) is 12.3. The highest BCUT2D eigenvalue weighted by atomic mass is 19.1. The van der Waals surface area contributed by atoms with Crippen LogP contribution in [0.25, 0.3) is 0 Å². The van der Waals surface area contributed by atoms with E-state index < -0.39 is 11.4 Å². The van der Waals surface area contributed by atoms with Gasteiger partial charge in [-0.2, -0.15) is 4.98 Å². The lowest BCUT2D eigenvalue weighted by Crippen LogP contribution is -2.63. The molecule has 3 aliphatic rings. The number of anilines is 1. The molecule has 4 rings (SSSR count). The van der Waals surface area contributed by atoms with Crippen molar-refractivity contribution in [3.8, 4) is 6.01 Å². The van der Waals surface area contributed by atoms with Crippen molar-refractivity contribution in [3.05, 3.63) is 12.0 Å². The molecule has 3 fully saturated rings. The third kappa shape index (κ3) is 5.16. The van der Waals surface area contributed by atoms with Gasteiger partial charge in [-0.05, 0) is 34.7 Å². The molecule has 0 aliphatic carbocycles. The predicted octanol–water partition coefficient (Wildman–Crippen LogP) is 1.10. The number of carbonyl (C=O) groups is 1. The summed E-state index contributed by atoms with van der Waals surface area (Å²) < 4.78 is 25.1. The van der Waals surface area contributed by atoms with Crippen molar-refractivity contribution in [3.63, 3.8) is 0 Å². The third-order valence-corrected chi connectivity index (χ3v) is 7.61. The number of hydrogen-bond acceptors (Lipinski definition) is 9. The van der Waals surface area contributed by atoms with Crippen LogP contribution in [-0.2, 0) is 4.74 Å². The number of hydrazine groups is 1. The molecule has 0 saturated carbocycles. The molecule has 3 aliphatic heterocycles. The molecular weight excluding hydrogens is 455 g/mol. The minimum absolute atomic E-state index is 0.00887. The Labute approximate surface area is 206 Å². The van der Waals surface area contributed by atoms with Gasteiger partial charge in [-0.25, -0.2) is 19.6 Å². The molecule has 196 valence electrons. The van der Waals surface area contributed by atoms with Crippen LogP contribution in [-0.4, -0.2) is 108 Å². The number of hydrogen-bond donors (Lipinski definition) is 3. The van der Waals surface area contributed by atoms with Gasteiger partial charge in [0.2, 0.25) is 0 Å². The maximum Gasteiger partial charge on any atom is 0.320 e. The number of urea groups is 1. The van der Waals surface area contributed by atoms with E-state index in [-0.39, 0.29) is 42.0 Å². The van der Waals surface area contributed by atoms with E-state index in [4.69, 9.17) is 9.47 Å². The second kappa shape index (κ2) is 10.4. The SMILES string of the molecule is COCCCOc1ncc(F)c(NC2NNC3C2CN(C(=O)N2C[C@@H](C)N(C)C[C@@H]2C)C3(C)C)n1. The summed E-state index contributed by atoms with van der Waals surface area (Å²) in [6.07, 6.45) is 1.46. The maximum atomic E-state index is 14.5. The van der Waals surface area contributed by atoms with Gasteiger partial charge in [-0.1, -0.05) is 0 Å². The number of likely N-dealkylation sites (tertiary alicyclic amines) is 1. The number of piperazine rings is 1. The number of nitrogens with one attached hydrogen (secondary N) is 3. The van der Waals surface area contributed by atoms with E-state index in [1.165, 1.54) is 0 Å². The van der Waals surface area contributed by atoms with E-state index in [9.17, 15) is 9.18 Å². The van der Waals surface area contributed by atoms with Crippen LogP contribution in [0.15, 0.2) is 6.20 Å². The Morgan fingerprint density at radius 2 is 2.00 bits per heavy atom. The van der Waals surface area contributed by atoms with Crippen molar-refractivity contribution in [2.24, 2.45) is 5.92 Å². The summed E-state index contributed by atoms with van der Waals surface area (Å²) in [5, 5.41) is 3.16. The number of rotatable bonds is 7. The highest BCUT2D eigenvalue weighted by Gasteiger charge is 2.56. The molecule has 5 atom stereocenters. The molecular formula is C23H39FN8O3. The first-order valence-corrected chi connectivity index (χ1v) is 12.3. The van der Waals surface area contributed by atoms with Gasteiger partial charge in [0.1, 0.15) is 0 Å². The second-order valence-electron chi connectivity index (χ2n) is 10.4. The van der Waals surface area contributed by atoms with Crippen LogP contribution in [0.4, 0.5) is 15.0 Å². The predicted molar refractivity (Wildman–Crippen MR) is 129 cm³/mol. The minimum atomic E-state index is -0.565. The highest BCUT2D eigenvalue weighted by Crippen LogP contribution is 2.38. The van der Waals surface area contributed by atoms with Crippen molar-refractivity contribution in [1.29, 1.82) is 0 Å². The number of carbonyl (C=O) groups excluding carboxylic acids is 1. The van der Waals surface area contributed by atoms with Gasteiger partial charge in [0.25, 0.3) is 0 Å². The Bertz CT molecular complexity index is 906. The molecule has 12 heteroatoms. The number of nitrogens with zero attached hydrogens (tertiary/aromatic N) is 5. The van der Waals surface area contributed by atoms with Crippen molar-refractivity contribution in [1.82, 2.24) is 35.5 Å². The summed E-state index contributed by atoms with van der Waals surface area (Å²) in [7, 11) is 3.72. The van der Waals surface area contributed by atoms with Crippen LogP contribution < -0.4 is 20.9 Å². The van der Waals surface area contributed by atoms with E-state index in [0.29, 0.717) is 38.8 Å². The van der Waals surface area contributed by atoms with Crippen LogP contribution in [0, 0.1) is 11.7 Å². The molecule has 3 unspecified atom stereocenters. The zero-order valence-electron chi connectivity index (χ0n) is 21.5. The number of likely N-dealkylation sites (N-methyl/N-ethyl adjacent to an activating group) is 1. The van der Waals surface area contributed by atoms with Crippen LogP contribution in [0.5, 0.6) is 6.01 Å². The maximum absolute atomic E-state index is 14.5. The first-order chi connectivity index (χ1) is 16.6. The number of halogens is 1. The Balaban J connectivity index is 1.44. The molecule has 11 nitrogen and oxygen atoms in total. The number of ether oxygens (including phenoxy) is 2. The smallest absolute Gasteiger partial charge is 0.320 e. The Kier molecular flexibility index (Phi) is 7.65. The summed E-state index contributed by atoms with van der Waals surface area (Å²) in [5.41, 5.74) is 6.13. The van der Waals surface area contributed by atoms with Crippen molar-refractivity contribution < 1.29 is 18.7 Å². The van der Waals surface area contributed by atoms with Crippen LogP contribution >= 0.6 is 0 Å². The summed E-state index contributed by atoms with van der Waals surface area (Å²) in [6.45, 7) is 11.4. The fourth-order valence-corrected chi connectivity index (χ4v) is 5.34. The monoisotopic (exact) mass is 494 g/mol. The molecule has 1 aromatic heterocycles. The number of fused-ring (bicyclic) bond motifs is 1. The standard InChI is InChI=1S/C23H39FN8O3/c1-14-12-31(15(2)11-30(14)5)22(33)32-13-16-18(23(32,3)4)28-29-19(16)26-20-17(24)10-25-21(27-20)35-9-7-8-34-6/h10,14-16,18-19,28-29H,7-9,11-13H2,1-6H3,(H,25,26,27)/t14-,15+,16?,18?,19?/m1/s1. The van der Waals surface area contributed by atoms with Gasteiger partial charge in [0.15, 0.2) is 11.6 Å². The average Bonchev–Trinajstić information content (AvgIpc) is 3.33. The second-order valence-corrected chi connectivity index (χ2v) is 10.4. The molecule has 0 bridgehead atoms. The molecule has 0 spiro atoms. The molecule has 0 aromatic carbocycles. The zero-order chi connectivity index (χ0) is 25.3. The molecule has 35 heavy (non-hydrogen) atoms. The van der Waals surface area contributed by atoms with E-state index in [0.717, 1.165) is 12.7 Å². The number of aromatic nitrogens is 2. The average molecular weight is 495 g/mol. The molecule has 3 saturated heterocycles. The van der Waals surface area contributed by atoms with Crippen LogP contribution in [0.2, 0.25) is 0 Å². The van der Waals surface area contributed by atoms with Crippen molar-refractivity contribution in [2.75, 3.05) is 52.3 Å². The summed E-state index contributed by atoms with van der Waals surface area (Å²) in [5.74, 6) is -0.495. The normalized spacial score (nSPS) is 30.4. The highest BCUT2D eigenvalue weighted by molar-refractivity contribution is 5.76. The Morgan fingerprint density at radius 3 is 2.74 bits per heavy atom. The van der Waals surface area contributed by atoms with Gasteiger partial charge in [0.05, 0.1) is 30.6 Å². The van der Waals surface area contributed by atoms with Crippen LogP contribution in [0.3, 0.4) is 0 Å². The van der Waals surface area contributed by atoms with Gasteiger partial charge in [-0.15, -0.1) is 0 Å². The fraction of sp³-hybridized carbons (Fsp3) is 0.783. The molecule has 1 aromatic rings. The summed E-state index contributed by atoms with van der Waals surface area (Å²) >= 11 is 0. The summed E-state index contributed by atoms with van der Waals surface area (Å²) in [6, 6.07) is 0.587. The number of amides is 2. The lowest BCUT2D eigenvalue weighted by atomic mass is 9.90. The van der Waals surface area contributed by atoms with E-state index >= 15 is 0 Å². The lowest BCUT2D eigenvalue weighted by Gasteiger charge is -2.46. The van der Waals surface area contributed by atoms with E-state index in [1.54, 1.807) is 7.11 Å². The first kappa shape index (κ1) is 25.8. The third-order valence-electron chi connectivity index (χ3n) is 7.61. The van der Waals surface area contributed by atoms with E-state index in [2.05, 4.69) is 65.8 Å².